The summed E-state index contributed by atoms with van der Waals surface area (Å²) in [5, 5.41) is 0. The van der Waals surface area contributed by atoms with Crippen molar-refractivity contribution in [3.05, 3.63) is 17.8 Å². The van der Waals surface area contributed by atoms with Crippen molar-refractivity contribution in [1.82, 2.24) is 4.98 Å². The number of alkyl halides is 1. The summed E-state index contributed by atoms with van der Waals surface area (Å²) in [5.74, 6) is -0.0561. The highest BCUT2D eigenvalue weighted by Crippen LogP contribution is 2.21. The van der Waals surface area contributed by atoms with E-state index in [1.54, 1.807) is 12.1 Å². The van der Waals surface area contributed by atoms with E-state index < -0.39 is 10.8 Å². The average molecular weight is 246 g/mol. The Morgan fingerprint density at radius 1 is 1.69 bits per heavy atom. The maximum absolute atomic E-state index is 10.5. The van der Waals surface area contributed by atoms with Crippen LogP contribution >= 0.6 is 15.9 Å². The maximum atomic E-state index is 10.5. The standard InChI is InChI=1S/C8H8BrNO3/c1-5(12)13-8-3-2-7(10-8)6(9)4-11/h2-4,6,10H,1H3. The summed E-state index contributed by atoms with van der Waals surface area (Å²) >= 11 is 3.12. The Kier molecular flexibility index (Phi) is 3.25. The summed E-state index contributed by atoms with van der Waals surface area (Å²) in [6.07, 6.45) is 0.739. The van der Waals surface area contributed by atoms with Crippen LogP contribution in [0.25, 0.3) is 0 Å². The Morgan fingerprint density at radius 2 is 2.38 bits per heavy atom. The summed E-state index contributed by atoms with van der Waals surface area (Å²) < 4.78 is 4.76. The van der Waals surface area contributed by atoms with Gasteiger partial charge in [-0.25, -0.2) is 0 Å². The topological polar surface area (TPSA) is 59.2 Å². The molecule has 0 saturated heterocycles. The van der Waals surface area contributed by atoms with Gasteiger partial charge in [-0.2, -0.15) is 0 Å². The van der Waals surface area contributed by atoms with Crippen LogP contribution in [0.1, 0.15) is 17.4 Å². The maximum Gasteiger partial charge on any atom is 0.309 e. The number of aromatic nitrogens is 1. The predicted octanol–water partition coefficient (Wildman–Crippen LogP) is 1.57. The monoisotopic (exact) mass is 245 g/mol. The molecule has 0 spiro atoms. The molecule has 0 aliphatic heterocycles. The quantitative estimate of drug-likeness (QED) is 0.500. The third-order valence-electron chi connectivity index (χ3n) is 1.35. The van der Waals surface area contributed by atoms with Crippen LogP contribution in [-0.2, 0) is 9.59 Å². The number of H-pyrrole nitrogens is 1. The molecule has 13 heavy (non-hydrogen) atoms. The smallest absolute Gasteiger partial charge is 0.309 e. The number of carbonyl (C=O) groups is 2. The number of carbonyl (C=O) groups excluding carboxylic acids is 2. The van der Waals surface area contributed by atoms with Crippen molar-refractivity contribution in [2.75, 3.05) is 0 Å². The minimum atomic E-state index is -0.398. The normalized spacial score (nSPS) is 12.2. The lowest BCUT2D eigenvalue weighted by atomic mass is 10.3. The largest absolute Gasteiger partial charge is 0.410 e. The van der Waals surface area contributed by atoms with E-state index in [9.17, 15) is 9.59 Å². The first-order valence-electron chi connectivity index (χ1n) is 3.60. The Labute approximate surface area is 83.4 Å². The van der Waals surface area contributed by atoms with Crippen LogP contribution in [0, 0.1) is 0 Å². The summed E-state index contributed by atoms with van der Waals surface area (Å²) in [7, 11) is 0. The molecule has 0 saturated carbocycles. The highest BCUT2D eigenvalue weighted by atomic mass is 79.9. The van der Waals surface area contributed by atoms with Crippen LogP contribution in [0.2, 0.25) is 0 Å². The van der Waals surface area contributed by atoms with Crippen molar-refractivity contribution in [1.29, 1.82) is 0 Å². The molecule has 0 aromatic carbocycles. The fourth-order valence-corrected chi connectivity index (χ4v) is 1.11. The Morgan fingerprint density at radius 3 is 2.92 bits per heavy atom. The number of ether oxygens (including phenoxy) is 1. The SMILES string of the molecule is CC(=O)Oc1ccc(C(Br)C=O)[nH]1. The van der Waals surface area contributed by atoms with E-state index in [4.69, 9.17) is 4.74 Å². The lowest BCUT2D eigenvalue weighted by Gasteiger charge is -1.98. The molecule has 0 radical (unpaired) electrons. The van der Waals surface area contributed by atoms with Crippen LogP contribution in [0.15, 0.2) is 12.1 Å². The fourth-order valence-electron chi connectivity index (χ4n) is 0.840. The lowest BCUT2D eigenvalue weighted by Crippen LogP contribution is -2.01. The highest BCUT2D eigenvalue weighted by Gasteiger charge is 2.09. The fraction of sp³-hybridized carbons (Fsp3) is 0.250. The van der Waals surface area contributed by atoms with Crippen molar-refractivity contribution < 1.29 is 14.3 Å². The van der Waals surface area contributed by atoms with Crippen LogP contribution in [0.3, 0.4) is 0 Å². The Bertz CT molecular complexity index is 321. The second-order valence-electron chi connectivity index (χ2n) is 2.41. The molecule has 1 atom stereocenters. The molecule has 1 unspecified atom stereocenters. The second-order valence-corrected chi connectivity index (χ2v) is 3.40. The summed E-state index contributed by atoms with van der Waals surface area (Å²) in [5.41, 5.74) is 0.659. The average Bonchev–Trinajstić information content (AvgIpc) is 2.50. The van der Waals surface area contributed by atoms with Gasteiger partial charge in [-0.3, -0.25) is 4.79 Å². The molecule has 0 aliphatic carbocycles. The van der Waals surface area contributed by atoms with Gasteiger partial charge in [-0.15, -0.1) is 0 Å². The van der Waals surface area contributed by atoms with E-state index in [0.29, 0.717) is 11.6 Å². The molecule has 1 heterocycles. The van der Waals surface area contributed by atoms with Gasteiger partial charge >= 0.3 is 5.97 Å². The molecule has 0 fully saturated rings. The molecule has 4 nitrogen and oxygen atoms in total. The Balaban J connectivity index is 2.74. The van der Waals surface area contributed by atoms with E-state index >= 15 is 0 Å². The molecule has 70 valence electrons. The number of aromatic amines is 1. The number of esters is 1. The van der Waals surface area contributed by atoms with Gasteiger partial charge in [0.2, 0.25) is 5.88 Å². The van der Waals surface area contributed by atoms with Gasteiger partial charge in [0, 0.05) is 18.7 Å². The zero-order valence-electron chi connectivity index (χ0n) is 6.91. The minimum absolute atomic E-state index is 0.341. The molecule has 1 aromatic rings. The van der Waals surface area contributed by atoms with Gasteiger partial charge in [0.25, 0.3) is 0 Å². The number of aldehydes is 1. The molecular formula is C8H8BrNO3. The molecule has 0 bridgehead atoms. The van der Waals surface area contributed by atoms with E-state index in [1.807, 2.05) is 0 Å². The third kappa shape index (κ3) is 2.69. The first-order chi connectivity index (χ1) is 6.13. The summed E-state index contributed by atoms with van der Waals surface area (Å²) in [4.78, 5) is 23.3. The van der Waals surface area contributed by atoms with Gasteiger partial charge in [0.1, 0.15) is 11.1 Å². The molecule has 0 aliphatic rings. The van der Waals surface area contributed by atoms with Gasteiger partial charge in [0.05, 0.1) is 0 Å². The zero-order valence-corrected chi connectivity index (χ0v) is 8.50. The van der Waals surface area contributed by atoms with E-state index in [-0.39, 0.29) is 0 Å². The van der Waals surface area contributed by atoms with Crippen molar-refractivity contribution in [3.63, 3.8) is 0 Å². The van der Waals surface area contributed by atoms with Crippen LogP contribution in [0.5, 0.6) is 5.88 Å². The second kappa shape index (κ2) is 4.23. The number of nitrogens with one attached hydrogen (secondary N) is 1. The summed E-state index contributed by atoms with van der Waals surface area (Å²) in [6.45, 7) is 1.31. The van der Waals surface area contributed by atoms with Crippen LogP contribution in [-0.4, -0.2) is 17.2 Å². The van der Waals surface area contributed by atoms with Crippen molar-refractivity contribution in [2.45, 2.75) is 11.8 Å². The van der Waals surface area contributed by atoms with Crippen molar-refractivity contribution >= 4 is 28.2 Å². The molecule has 1 rings (SSSR count). The number of rotatable bonds is 3. The lowest BCUT2D eigenvalue weighted by molar-refractivity contribution is -0.132. The highest BCUT2D eigenvalue weighted by molar-refractivity contribution is 9.09. The van der Waals surface area contributed by atoms with Gasteiger partial charge in [-0.05, 0) is 6.07 Å². The van der Waals surface area contributed by atoms with Crippen LogP contribution in [0.4, 0.5) is 0 Å². The molecule has 0 amide bonds. The Hall–Kier alpha value is -1.10. The molecule has 1 N–H and O–H groups in total. The third-order valence-corrected chi connectivity index (χ3v) is 2.06. The van der Waals surface area contributed by atoms with Gasteiger partial charge in [-0.1, -0.05) is 15.9 Å². The minimum Gasteiger partial charge on any atom is -0.410 e. The molecular weight excluding hydrogens is 238 g/mol. The van der Waals surface area contributed by atoms with Gasteiger partial charge < -0.3 is 14.5 Å². The number of halogens is 1. The molecule has 1 aromatic heterocycles. The predicted molar refractivity (Wildman–Crippen MR) is 49.8 cm³/mol. The number of hydrogen-bond acceptors (Lipinski definition) is 3. The van der Waals surface area contributed by atoms with E-state index in [2.05, 4.69) is 20.9 Å². The summed E-state index contributed by atoms with van der Waals surface area (Å²) in [6, 6.07) is 3.26. The zero-order chi connectivity index (χ0) is 9.84. The van der Waals surface area contributed by atoms with Crippen molar-refractivity contribution in [2.24, 2.45) is 0 Å². The molecule has 5 heteroatoms. The van der Waals surface area contributed by atoms with Crippen LogP contribution < -0.4 is 4.74 Å². The van der Waals surface area contributed by atoms with E-state index in [0.717, 1.165) is 6.29 Å². The first kappa shape index (κ1) is 9.98. The number of hydrogen-bond donors (Lipinski definition) is 1. The van der Waals surface area contributed by atoms with E-state index in [1.165, 1.54) is 6.92 Å². The van der Waals surface area contributed by atoms with Crippen molar-refractivity contribution in [3.8, 4) is 5.88 Å². The van der Waals surface area contributed by atoms with Gasteiger partial charge in [0.15, 0.2) is 0 Å². The first-order valence-corrected chi connectivity index (χ1v) is 4.51.